The van der Waals surface area contributed by atoms with Crippen LogP contribution < -0.4 is 10.6 Å². The number of ether oxygens (including phenoxy) is 1. The number of urea groups is 1. The van der Waals surface area contributed by atoms with Crippen molar-refractivity contribution in [2.45, 2.75) is 31.3 Å². The Morgan fingerprint density at radius 2 is 2.19 bits per heavy atom. The van der Waals surface area contributed by atoms with E-state index in [2.05, 4.69) is 15.4 Å². The molecule has 6 heteroatoms. The molecule has 0 aliphatic heterocycles. The minimum absolute atomic E-state index is 0.279. The van der Waals surface area contributed by atoms with Crippen molar-refractivity contribution in [2.24, 2.45) is 0 Å². The van der Waals surface area contributed by atoms with Crippen LogP contribution >= 0.6 is 11.8 Å². The summed E-state index contributed by atoms with van der Waals surface area (Å²) in [6.07, 6.45) is 4.60. The molecule has 16 heavy (non-hydrogen) atoms. The van der Waals surface area contributed by atoms with Crippen LogP contribution in [-0.4, -0.2) is 43.2 Å². The van der Waals surface area contributed by atoms with Gasteiger partial charge in [-0.3, -0.25) is 0 Å². The molecule has 1 aliphatic carbocycles. The van der Waals surface area contributed by atoms with Gasteiger partial charge in [-0.2, -0.15) is 11.8 Å². The van der Waals surface area contributed by atoms with Crippen LogP contribution in [0.4, 0.5) is 4.79 Å². The van der Waals surface area contributed by atoms with Crippen molar-refractivity contribution in [3.05, 3.63) is 0 Å². The van der Waals surface area contributed by atoms with Crippen molar-refractivity contribution in [2.75, 3.05) is 19.1 Å². The number of hydrogen-bond donors (Lipinski definition) is 2. The number of amides is 2. The van der Waals surface area contributed by atoms with Gasteiger partial charge >= 0.3 is 12.0 Å². The molecule has 0 spiro atoms. The van der Waals surface area contributed by atoms with Crippen LogP contribution in [0.15, 0.2) is 0 Å². The Morgan fingerprint density at radius 3 is 2.69 bits per heavy atom. The number of carbonyl (C=O) groups is 2. The van der Waals surface area contributed by atoms with Gasteiger partial charge < -0.3 is 15.4 Å². The monoisotopic (exact) mass is 246 g/mol. The molecule has 0 aromatic rings. The number of methoxy groups -OCH3 is 1. The molecular formula is C10H18N2O3S. The van der Waals surface area contributed by atoms with E-state index in [4.69, 9.17) is 0 Å². The van der Waals surface area contributed by atoms with Gasteiger partial charge in [0.2, 0.25) is 0 Å². The maximum atomic E-state index is 11.5. The standard InChI is InChI=1S/C10H18N2O3S/c1-15-9(13)8(5-6-16-2)12-10(14)11-7-3-4-7/h7-8H,3-6H2,1-2H3,(H2,11,12,14)/t8-/m0/s1. The molecule has 1 aliphatic rings. The molecule has 0 radical (unpaired) electrons. The van der Waals surface area contributed by atoms with Crippen LogP contribution in [0.25, 0.3) is 0 Å². The van der Waals surface area contributed by atoms with Crippen LogP contribution in [0.3, 0.4) is 0 Å². The second kappa shape index (κ2) is 6.62. The van der Waals surface area contributed by atoms with E-state index in [-0.39, 0.29) is 12.0 Å². The fourth-order valence-electron chi connectivity index (χ4n) is 1.24. The van der Waals surface area contributed by atoms with Gasteiger partial charge in [-0.05, 0) is 31.3 Å². The van der Waals surface area contributed by atoms with Gasteiger partial charge in [0.15, 0.2) is 0 Å². The summed E-state index contributed by atoms with van der Waals surface area (Å²) in [5.41, 5.74) is 0. The molecule has 0 saturated heterocycles. The zero-order valence-corrected chi connectivity index (χ0v) is 10.4. The van der Waals surface area contributed by atoms with E-state index in [1.807, 2.05) is 6.26 Å². The predicted molar refractivity (Wildman–Crippen MR) is 63.5 cm³/mol. The fraction of sp³-hybridized carbons (Fsp3) is 0.800. The maximum absolute atomic E-state index is 11.5. The van der Waals surface area contributed by atoms with E-state index < -0.39 is 6.04 Å². The van der Waals surface area contributed by atoms with Gasteiger partial charge in [0.25, 0.3) is 0 Å². The molecule has 1 fully saturated rings. The molecule has 5 nitrogen and oxygen atoms in total. The van der Waals surface area contributed by atoms with Crippen molar-refractivity contribution in [1.29, 1.82) is 0 Å². The third kappa shape index (κ3) is 4.74. The highest BCUT2D eigenvalue weighted by molar-refractivity contribution is 7.98. The number of hydrogen-bond acceptors (Lipinski definition) is 4. The lowest BCUT2D eigenvalue weighted by atomic mass is 10.2. The Labute approximate surface area is 99.7 Å². The van der Waals surface area contributed by atoms with E-state index in [0.717, 1.165) is 18.6 Å². The molecule has 1 saturated carbocycles. The van der Waals surface area contributed by atoms with Crippen molar-refractivity contribution in [3.63, 3.8) is 0 Å². The number of rotatable bonds is 6. The molecule has 2 amide bonds. The lowest BCUT2D eigenvalue weighted by Crippen LogP contribution is -2.47. The molecule has 0 bridgehead atoms. The lowest BCUT2D eigenvalue weighted by molar-refractivity contribution is -0.142. The zero-order valence-electron chi connectivity index (χ0n) is 9.62. The van der Waals surface area contributed by atoms with E-state index in [1.54, 1.807) is 11.8 Å². The average Bonchev–Trinajstić information content (AvgIpc) is 3.06. The summed E-state index contributed by atoms with van der Waals surface area (Å²) in [5.74, 6) is 0.420. The summed E-state index contributed by atoms with van der Waals surface area (Å²) in [4.78, 5) is 22.8. The first-order valence-electron chi connectivity index (χ1n) is 5.31. The Bertz CT molecular complexity index is 256. The van der Waals surface area contributed by atoms with Gasteiger partial charge in [-0.15, -0.1) is 0 Å². The Hall–Kier alpha value is -0.910. The molecule has 0 heterocycles. The summed E-state index contributed by atoms with van der Waals surface area (Å²) in [6, 6.07) is -0.533. The smallest absolute Gasteiger partial charge is 0.328 e. The highest BCUT2D eigenvalue weighted by Crippen LogP contribution is 2.18. The highest BCUT2D eigenvalue weighted by atomic mass is 32.2. The molecule has 2 N–H and O–H groups in total. The van der Waals surface area contributed by atoms with E-state index in [1.165, 1.54) is 7.11 Å². The summed E-state index contributed by atoms with van der Waals surface area (Å²) in [7, 11) is 1.33. The average molecular weight is 246 g/mol. The summed E-state index contributed by atoms with van der Waals surface area (Å²) in [6.45, 7) is 0. The molecular weight excluding hydrogens is 228 g/mol. The van der Waals surface area contributed by atoms with Crippen molar-refractivity contribution >= 4 is 23.8 Å². The van der Waals surface area contributed by atoms with Gasteiger partial charge in [-0.1, -0.05) is 0 Å². The Kier molecular flexibility index (Phi) is 5.45. The lowest BCUT2D eigenvalue weighted by Gasteiger charge is -2.16. The van der Waals surface area contributed by atoms with Crippen LogP contribution in [0.2, 0.25) is 0 Å². The maximum Gasteiger partial charge on any atom is 0.328 e. The van der Waals surface area contributed by atoms with E-state index in [9.17, 15) is 9.59 Å². The van der Waals surface area contributed by atoms with E-state index in [0.29, 0.717) is 12.5 Å². The molecule has 0 unspecified atom stereocenters. The fourth-order valence-corrected chi connectivity index (χ4v) is 1.71. The van der Waals surface area contributed by atoms with Crippen LogP contribution in [-0.2, 0) is 9.53 Å². The second-order valence-corrected chi connectivity index (χ2v) is 4.73. The molecule has 92 valence electrons. The number of esters is 1. The summed E-state index contributed by atoms with van der Waals surface area (Å²) < 4.78 is 4.64. The number of nitrogens with one attached hydrogen (secondary N) is 2. The van der Waals surface area contributed by atoms with Gasteiger partial charge in [-0.25, -0.2) is 9.59 Å². The summed E-state index contributed by atoms with van der Waals surface area (Å²) in [5, 5.41) is 5.41. The van der Waals surface area contributed by atoms with E-state index >= 15 is 0 Å². The van der Waals surface area contributed by atoms with Crippen molar-refractivity contribution in [3.8, 4) is 0 Å². The van der Waals surface area contributed by atoms with Crippen LogP contribution in [0, 0.1) is 0 Å². The topological polar surface area (TPSA) is 67.4 Å². The molecule has 0 aromatic carbocycles. The molecule has 0 aromatic heterocycles. The Balaban J connectivity index is 2.34. The van der Waals surface area contributed by atoms with Gasteiger partial charge in [0, 0.05) is 6.04 Å². The predicted octanol–water partition coefficient (Wildman–Crippen LogP) is 0.743. The zero-order chi connectivity index (χ0) is 12.0. The minimum Gasteiger partial charge on any atom is -0.467 e. The minimum atomic E-state index is -0.545. The first kappa shape index (κ1) is 13.2. The highest BCUT2D eigenvalue weighted by Gasteiger charge is 2.26. The summed E-state index contributed by atoms with van der Waals surface area (Å²) >= 11 is 1.63. The Morgan fingerprint density at radius 1 is 1.50 bits per heavy atom. The SMILES string of the molecule is COC(=O)[C@H](CCSC)NC(=O)NC1CC1. The largest absolute Gasteiger partial charge is 0.467 e. The number of carbonyl (C=O) groups excluding carboxylic acids is 2. The molecule has 1 rings (SSSR count). The third-order valence-corrected chi connectivity index (χ3v) is 2.96. The quantitative estimate of drug-likeness (QED) is 0.678. The van der Waals surface area contributed by atoms with Crippen LogP contribution in [0.1, 0.15) is 19.3 Å². The normalized spacial score (nSPS) is 16.4. The van der Waals surface area contributed by atoms with Crippen LogP contribution in [0.5, 0.6) is 0 Å². The number of thioether (sulfide) groups is 1. The molecule has 1 atom stereocenters. The third-order valence-electron chi connectivity index (χ3n) is 2.31. The van der Waals surface area contributed by atoms with Crippen molar-refractivity contribution < 1.29 is 14.3 Å². The van der Waals surface area contributed by atoms with Gasteiger partial charge in [0.1, 0.15) is 6.04 Å². The first-order chi connectivity index (χ1) is 7.67. The van der Waals surface area contributed by atoms with Crippen molar-refractivity contribution in [1.82, 2.24) is 10.6 Å². The van der Waals surface area contributed by atoms with Gasteiger partial charge in [0.05, 0.1) is 7.11 Å². The first-order valence-corrected chi connectivity index (χ1v) is 6.70. The second-order valence-electron chi connectivity index (χ2n) is 3.75.